The Labute approximate surface area is 113 Å². The van der Waals surface area contributed by atoms with Crippen LogP contribution in [0.4, 0.5) is 0 Å². The summed E-state index contributed by atoms with van der Waals surface area (Å²) < 4.78 is 0. The first-order chi connectivity index (χ1) is 9.20. The molecule has 1 saturated heterocycles. The highest BCUT2D eigenvalue weighted by Gasteiger charge is 2.26. The molecular formula is C15H20N2O2. The predicted molar refractivity (Wildman–Crippen MR) is 72.5 cm³/mol. The molecule has 0 saturated carbocycles. The van der Waals surface area contributed by atoms with Crippen LogP contribution in [-0.4, -0.2) is 34.7 Å². The molecule has 2 rings (SSSR count). The SMILES string of the molecule is CCC(=O)C1CCN(C(=O)Cc2ccncc2)CC1. The molecule has 1 fully saturated rings. The number of rotatable bonds is 4. The van der Waals surface area contributed by atoms with Crippen LogP contribution >= 0.6 is 0 Å². The van der Waals surface area contributed by atoms with Crippen LogP contribution in [-0.2, 0) is 16.0 Å². The number of likely N-dealkylation sites (tertiary alicyclic amines) is 1. The Morgan fingerprint density at radius 3 is 2.47 bits per heavy atom. The van der Waals surface area contributed by atoms with E-state index in [0.29, 0.717) is 31.7 Å². The Kier molecular flexibility index (Phi) is 4.66. The maximum Gasteiger partial charge on any atom is 0.226 e. The lowest BCUT2D eigenvalue weighted by molar-refractivity contribution is -0.134. The van der Waals surface area contributed by atoms with Crippen LogP contribution in [0.15, 0.2) is 24.5 Å². The molecule has 0 atom stereocenters. The van der Waals surface area contributed by atoms with Gasteiger partial charge in [-0.05, 0) is 30.5 Å². The summed E-state index contributed by atoms with van der Waals surface area (Å²) in [5.41, 5.74) is 0.992. The second-order valence-electron chi connectivity index (χ2n) is 5.01. The lowest BCUT2D eigenvalue weighted by Gasteiger charge is -2.31. The molecule has 1 aromatic rings. The quantitative estimate of drug-likeness (QED) is 0.830. The van der Waals surface area contributed by atoms with Crippen LogP contribution in [0.3, 0.4) is 0 Å². The van der Waals surface area contributed by atoms with Crippen LogP contribution in [0.25, 0.3) is 0 Å². The van der Waals surface area contributed by atoms with Crippen molar-refractivity contribution in [1.29, 1.82) is 0 Å². The van der Waals surface area contributed by atoms with Gasteiger partial charge in [0, 0.05) is 37.8 Å². The summed E-state index contributed by atoms with van der Waals surface area (Å²) in [6, 6.07) is 3.73. The van der Waals surface area contributed by atoms with Crippen LogP contribution in [0, 0.1) is 5.92 Å². The van der Waals surface area contributed by atoms with Crippen molar-refractivity contribution < 1.29 is 9.59 Å². The normalized spacial score (nSPS) is 16.4. The van der Waals surface area contributed by atoms with Gasteiger partial charge in [0.25, 0.3) is 0 Å². The van der Waals surface area contributed by atoms with Crippen molar-refractivity contribution in [3.63, 3.8) is 0 Å². The number of pyridine rings is 1. The monoisotopic (exact) mass is 260 g/mol. The van der Waals surface area contributed by atoms with E-state index in [9.17, 15) is 9.59 Å². The van der Waals surface area contributed by atoms with Crippen molar-refractivity contribution in [3.05, 3.63) is 30.1 Å². The largest absolute Gasteiger partial charge is 0.342 e. The first-order valence-corrected chi connectivity index (χ1v) is 6.90. The summed E-state index contributed by atoms with van der Waals surface area (Å²) in [5.74, 6) is 0.643. The number of hydrogen-bond donors (Lipinski definition) is 0. The van der Waals surface area contributed by atoms with E-state index in [1.165, 1.54) is 0 Å². The number of carbonyl (C=O) groups excluding carboxylic acids is 2. The molecule has 1 amide bonds. The highest BCUT2D eigenvalue weighted by molar-refractivity contribution is 5.82. The number of piperidine rings is 1. The molecular weight excluding hydrogens is 240 g/mol. The summed E-state index contributed by atoms with van der Waals surface area (Å²) in [7, 11) is 0. The molecule has 19 heavy (non-hydrogen) atoms. The third-order valence-corrected chi connectivity index (χ3v) is 3.76. The summed E-state index contributed by atoms with van der Waals surface area (Å²) in [6.45, 7) is 3.32. The van der Waals surface area contributed by atoms with E-state index in [4.69, 9.17) is 0 Å². The van der Waals surface area contributed by atoms with Gasteiger partial charge in [0.15, 0.2) is 0 Å². The van der Waals surface area contributed by atoms with Crippen LogP contribution in [0.1, 0.15) is 31.7 Å². The maximum absolute atomic E-state index is 12.1. The topological polar surface area (TPSA) is 50.3 Å². The second-order valence-corrected chi connectivity index (χ2v) is 5.01. The Morgan fingerprint density at radius 2 is 1.89 bits per heavy atom. The first-order valence-electron chi connectivity index (χ1n) is 6.90. The van der Waals surface area contributed by atoms with Crippen LogP contribution in [0.2, 0.25) is 0 Å². The molecule has 1 aliphatic heterocycles. The van der Waals surface area contributed by atoms with Gasteiger partial charge in [0.1, 0.15) is 5.78 Å². The molecule has 1 aromatic heterocycles. The van der Waals surface area contributed by atoms with Crippen LogP contribution < -0.4 is 0 Å². The number of nitrogens with zero attached hydrogens (tertiary/aromatic N) is 2. The molecule has 1 aliphatic rings. The molecule has 0 unspecified atom stereocenters. The van der Waals surface area contributed by atoms with Gasteiger partial charge < -0.3 is 4.90 Å². The molecule has 0 bridgehead atoms. The van der Waals surface area contributed by atoms with Gasteiger partial charge in [0.05, 0.1) is 6.42 Å². The minimum atomic E-state index is 0.147. The fourth-order valence-electron chi connectivity index (χ4n) is 2.53. The van der Waals surface area contributed by atoms with Crippen molar-refractivity contribution in [2.45, 2.75) is 32.6 Å². The van der Waals surface area contributed by atoms with Gasteiger partial charge in [-0.15, -0.1) is 0 Å². The van der Waals surface area contributed by atoms with E-state index in [2.05, 4.69) is 4.98 Å². The zero-order chi connectivity index (χ0) is 13.7. The Balaban J connectivity index is 1.84. The van der Waals surface area contributed by atoms with Crippen molar-refractivity contribution in [3.8, 4) is 0 Å². The number of amides is 1. The van der Waals surface area contributed by atoms with E-state index in [-0.39, 0.29) is 11.8 Å². The molecule has 2 heterocycles. The standard InChI is InChI=1S/C15H20N2O2/c1-2-14(18)13-5-9-17(10-6-13)15(19)11-12-3-7-16-8-4-12/h3-4,7-8,13H,2,5-6,9-11H2,1H3. The van der Waals surface area contributed by atoms with Crippen molar-refractivity contribution >= 4 is 11.7 Å². The first kappa shape index (κ1) is 13.7. The van der Waals surface area contributed by atoms with Gasteiger partial charge >= 0.3 is 0 Å². The summed E-state index contributed by atoms with van der Waals surface area (Å²) in [4.78, 5) is 29.6. The molecule has 0 aliphatic carbocycles. The lowest BCUT2D eigenvalue weighted by atomic mass is 9.91. The summed E-state index contributed by atoms with van der Waals surface area (Å²) in [6.07, 6.45) is 6.07. The predicted octanol–water partition coefficient (Wildman–Crippen LogP) is 1.84. The average molecular weight is 260 g/mol. The highest BCUT2D eigenvalue weighted by Crippen LogP contribution is 2.20. The average Bonchev–Trinajstić information content (AvgIpc) is 2.47. The molecule has 0 radical (unpaired) electrons. The molecule has 0 N–H and O–H groups in total. The van der Waals surface area contributed by atoms with Gasteiger partial charge in [0.2, 0.25) is 5.91 Å². The van der Waals surface area contributed by atoms with Crippen molar-refractivity contribution in [2.75, 3.05) is 13.1 Å². The molecule has 4 heteroatoms. The number of Topliss-reactive ketones (excluding diaryl/α,β-unsaturated/α-hetero) is 1. The zero-order valence-electron chi connectivity index (χ0n) is 11.3. The maximum atomic E-state index is 12.1. The van der Waals surface area contributed by atoms with E-state index in [0.717, 1.165) is 18.4 Å². The fraction of sp³-hybridized carbons (Fsp3) is 0.533. The molecule has 102 valence electrons. The minimum Gasteiger partial charge on any atom is -0.342 e. The highest BCUT2D eigenvalue weighted by atomic mass is 16.2. The Morgan fingerprint density at radius 1 is 1.26 bits per heavy atom. The Bertz CT molecular complexity index is 437. The fourth-order valence-corrected chi connectivity index (χ4v) is 2.53. The van der Waals surface area contributed by atoms with Crippen molar-refractivity contribution in [1.82, 2.24) is 9.88 Å². The van der Waals surface area contributed by atoms with E-state index >= 15 is 0 Å². The Hall–Kier alpha value is -1.71. The van der Waals surface area contributed by atoms with Crippen LogP contribution in [0.5, 0.6) is 0 Å². The molecule has 0 aromatic carbocycles. The number of hydrogen-bond acceptors (Lipinski definition) is 3. The van der Waals surface area contributed by atoms with Crippen molar-refractivity contribution in [2.24, 2.45) is 5.92 Å². The van der Waals surface area contributed by atoms with E-state index < -0.39 is 0 Å². The van der Waals surface area contributed by atoms with E-state index in [1.54, 1.807) is 12.4 Å². The smallest absolute Gasteiger partial charge is 0.226 e. The molecule has 4 nitrogen and oxygen atoms in total. The number of carbonyl (C=O) groups is 2. The number of ketones is 1. The van der Waals surface area contributed by atoms with E-state index in [1.807, 2.05) is 24.0 Å². The van der Waals surface area contributed by atoms with Gasteiger partial charge in [-0.1, -0.05) is 6.92 Å². The lowest BCUT2D eigenvalue weighted by Crippen LogP contribution is -2.40. The van der Waals surface area contributed by atoms with Gasteiger partial charge in [-0.3, -0.25) is 14.6 Å². The summed E-state index contributed by atoms with van der Waals surface area (Å²) in [5, 5.41) is 0. The zero-order valence-corrected chi connectivity index (χ0v) is 11.3. The third kappa shape index (κ3) is 3.63. The van der Waals surface area contributed by atoms with Gasteiger partial charge in [-0.2, -0.15) is 0 Å². The molecule has 0 spiro atoms. The minimum absolute atomic E-state index is 0.147. The number of aromatic nitrogens is 1. The third-order valence-electron chi connectivity index (χ3n) is 3.76. The van der Waals surface area contributed by atoms with Gasteiger partial charge in [-0.25, -0.2) is 0 Å². The summed E-state index contributed by atoms with van der Waals surface area (Å²) >= 11 is 0. The second kappa shape index (κ2) is 6.45.